The highest BCUT2D eigenvalue weighted by molar-refractivity contribution is 5.34. The van der Waals surface area contributed by atoms with E-state index >= 15 is 0 Å². The van der Waals surface area contributed by atoms with E-state index in [0.717, 1.165) is 44.5 Å². The van der Waals surface area contributed by atoms with E-state index in [1.54, 1.807) is 0 Å². The van der Waals surface area contributed by atoms with Crippen LogP contribution in [-0.4, -0.2) is 36.1 Å². The summed E-state index contributed by atoms with van der Waals surface area (Å²) in [6.45, 7) is 6.53. The Labute approximate surface area is 115 Å². The molecule has 0 amide bonds. The molecule has 1 atom stereocenters. The maximum absolute atomic E-state index is 4.83. The van der Waals surface area contributed by atoms with E-state index in [1.807, 2.05) is 0 Å². The lowest BCUT2D eigenvalue weighted by atomic mass is 9.86. The molecule has 1 aliphatic heterocycles. The predicted molar refractivity (Wildman–Crippen MR) is 77.5 cm³/mol. The number of rotatable bonds is 2. The lowest BCUT2D eigenvalue weighted by Gasteiger charge is -2.25. The molecule has 1 aromatic rings. The van der Waals surface area contributed by atoms with E-state index in [9.17, 15) is 0 Å². The smallest absolute Gasteiger partial charge is 0.225 e. The normalized spacial score (nSPS) is 23.8. The zero-order valence-electron chi connectivity index (χ0n) is 11.9. The summed E-state index contributed by atoms with van der Waals surface area (Å²) in [6, 6.07) is 0. The molecule has 4 nitrogen and oxygen atoms in total. The maximum atomic E-state index is 4.83. The number of hydrogen-bond acceptors (Lipinski definition) is 4. The quantitative estimate of drug-likeness (QED) is 0.880. The molecule has 1 unspecified atom stereocenters. The minimum atomic E-state index is 0.837. The van der Waals surface area contributed by atoms with Crippen LogP contribution in [0.4, 0.5) is 5.95 Å². The van der Waals surface area contributed by atoms with Crippen LogP contribution in [0.3, 0.4) is 0 Å². The molecule has 0 aromatic carbocycles. The number of fused-ring (bicyclic) bond motifs is 1. The average Bonchev–Trinajstić information content (AvgIpc) is 2.75. The number of anilines is 1. The van der Waals surface area contributed by atoms with Crippen LogP contribution in [0.2, 0.25) is 0 Å². The third-order valence-electron chi connectivity index (χ3n) is 4.44. The fourth-order valence-electron chi connectivity index (χ4n) is 3.12. The molecule has 0 spiro atoms. The first-order valence-corrected chi connectivity index (χ1v) is 7.67. The van der Waals surface area contributed by atoms with Crippen LogP contribution in [0.25, 0.3) is 0 Å². The summed E-state index contributed by atoms with van der Waals surface area (Å²) in [6.07, 6.45) is 8.14. The van der Waals surface area contributed by atoms with Crippen molar-refractivity contribution in [2.45, 2.75) is 39.0 Å². The largest absolute Gasteiger partial charge is 0.339 e. The van der Waals surface area contributed by atoms with Crippen molar-refractivity contribution in [3.8, 4) is 0 Å². The second kappa shape index (κ2) is 5.87. The van der Waals surface area contributed by atoms with E-state index in [2.05, 4.69) is 28.3 Å². The third kappa shape index (κ3) is 2.89. The van der Waals surface area contributed by atoms with Gasteiger partial charge in [-0.2, -0.15) is 0 Å². The van der Waals surface area contributed by atoms with Gasteiger partial charge in [0.1, 0.15) is 0 Å². The molecule has 1 aliphatic carbocycles. The average molecular weight is 260 g/mol. The van der Waals surface area contributed by atoms with Crippen LogP contribution in [0.1, 0.15) is 37.4 Å². The predicted octanol–water partition coefficient (Wildman–Crippen LogP) is 1.79. The number of nitrogens with zero attached hydrogens (tertiary/aromatic N) is 3. The number of hydrogen-bond donors (Lipinski definition) is 1. The summed E-state index contributed by atoms with van der Waals surface area (Å²) in [5.74, 6) is 1.78. The van der Waals surface area contributed by atoms with Crippen molar-refractivity contribution >= 4 is 5.95 Å². The molecule has 1 fully saturated rings. The SMILES string of the molecule is CCC1CCc2nc(N3CCCNCC3)ncc2C1. The molecule has 104 valence electrons. The standard InChI is InChI=1S/C15H24N4/c1-2-12-4-5-14-13(10-12)11-17-15(18-14)19-8-3-6-16-7-9-19/h11-12,16H,2-10H2,1H3. The van der Waals surface area contributed by atoms with Crippen molar-refractivity contribution in [2.24, 2.45) is 5.92 Å². The topological polar surface area (TPSA) is 41.1 Å². The molecular formula is C15H24N4. The summed E-state index contributed by atoms with van der Waals surface area (Å²) >= 11 is 0. The second-order valence-electron chi connectivity index (χ2n) is 5.75. The molecule has 4 heteroatoms. The Balaban J connectivity index is 1.77. The van der Waals surface area contributed by atoms with Crippen LogP contribution >= 0.6 is 0 Å². The van der Waals surface area contributed by atoms with Crippen LogP contribution in [0, 0.1) is 5.92 Å². The van der Waals surface area contributed by atoms with Crippen molar-refractivity contribution < 1.29 is 0 Å². The lowest BCUT2D eigenvalue weighted by Crippen LogP contribution is -2.30. The number of aromatic nitrogens is 2. The zero-order chi connectivity index (χ0) is 13.1. The van der Waals surface area contributed by atoms with E-state index in [1.165, 1.54) is 36.9 Å². The highest BCUT2D eigenvalue weighted by Crippen LogP contribution is 2.27. The van der Waals surface area contributed by atoms with Gasteiger partial charge in [-0.1, -0.05) is 13.3 Å². The Hall–Kier alpha value is -1.16. The Kier molecular flexibility index (Phi) is 3.97. The van der Waals surface area contributed by atoms with E-state index in [4.69, 9.17) is 4.98 Å². The molecular weight excluding hydrogens is 236 g/mol. The van der Waals surface area contributed by atoms with Crippen LogP contribution in [0.15, 0.2) is 6.20 Å². The first-order chi connectivity index (χ1) is 9.36. The van der Waals surface area contributed by atoms with Crippen molar-refractivity contribution in [3.05, 3.63) is 17.5 Å². The van der Waals surface area contributed by atoms with Crippen molar-refractivity contribution in [1.29, 1.82) is 0 Å². The van der Waals surface area contributed by atoms with E-state index < -0.39 is 0 Å². The molecule has 19 heavy (non-hydrogen) atoms. The van der Waals surface area contributed by atoms with Crippen molar-refractivity contribution in [1.82, 2.24) is 15.3 Å². The summed E-state index contributed by atoms with van der Waals surface area (Å²) in [4.78, 5) is 11.8. The summed E-state index contributed by atoms with van der Waals surface area (Å²) in [5, 5.41) is 3.43. The van der Waals surface area contributed by atoms with Gasteiger partial charge in [0.2, 0.25) is 5.95 Å². The highest BCUT2D eigenvalue weighted by atomic mass is 15.3. The maximum Gasteiger partial charge on any atom is 0.225 e. The Morgan fingerprint density at radius 3 is 3.21 bits per heavy atom. The summed E-state index contributed by atoms with van der Waals surface area (Å²) in [5.41, 5.74) is 2.68. The van der Waals surface area contributed by atoms with Gasteiger partial charge in [-0.3, -0.25) is 0 Å². The van der Waals surface area contributed by atoms with Crippen LogP contribution in [-0.2, 0) is 12.8 Å². The van der Waals surface area contributed by atoms with Crippen molar-refractivity contribution in [2.75, 3.05) is 31.1 Å². The Morgan fingerprint density at radius 1 is 1.37 bits per heavy atom. The second-order valence-corrected chi connectivity index (χ2v) is 5.75. The van der Waals surface area contributed by atoms with Gasteiger partial charge in [0.25, 0.3) is 0 Å². The molecule has 2 heterocycles. The van der Waals surface area contributed by atoms with Gasteiger partial charge in [0, 0.05) is 31.5 Å². The summed E-state index contributed by atoms with van der Waals surface area (Å²) < 4.78 is 0. The van der Waals surface area contributed by atoms with Crippen LogP contribution < -0.4 is 10.2 Å². The molecule has 1 saturated heterocycles. The first kappa shape index (κ1) is 12.9. The van der Waals surface area contributed by atoms with E-state index in [0.29, 0.717) is 0 Å². The number of aryl methyl sites for hydroxylation is 1. The van der Waals surface area contributed by atoms with Gasteiger partial charge >= 0.3 is 0 Å². The van der Waals surface area contributed by atoms with Crippen LogP contribution in [0.5, 0.6) is 0 Å². The van der Waals surface area contributed by atoms with Crippen molar-refractivity contribution in [3.63, 3.8) is 0 Å². The molecule has 0 radical (unpaired) electrons. The Morgan fingerprint density at radius 2 is 2.32 bits per heavy atom. The lowest BCUT2D eigenvalue weighted by molar-refractivity contribution is 0.438. The molecule has 0 bridgehead atoms. The minimum absolute atomic E-state index is 0.837. The molecule has 1 aromatic heterocycles. The van der Waals surface area contributed by atoms with Gasteiger partial charge < -0.3 is 10.2 Å². The zero-order valence-corrected chi connectivity index (χ0v) is 11.9. The molecule has 0 saturated carbocycles. The van der Waals surface area contributed by atoms with Gasteiger partial charge in [0.15, 0.2) is 0 Å². The first-order valence-electron chi connectivity index (χ1n) is 7.67. The van der Waals surface area contributed by atoms with E-state index in [-0.39, 0.29) is 0 Å². The van der Waals surface area contributed by atoms with Gasteiger partial charge in [0.05, 0.1) is 0 Å². The third-order valence-corrected chi connectivity index (χ3v) is 4.44. The Bertz CT molecular complexity index is 424. The number of nitrogens with one attached hydrogen (secondary N) is 1. The molecule has 1 N–H and O–H groups in total. The fraction of sp³-hybridized carbons (Fsp3) is 0.733. The minimum Gasteiger partial charge on any atom is -0.339 e. The monoisotopic (exact) mass is 260 g/mol. The van der Waals surface area contributed by atoms with Gasteiger partial charge in [-0.25, -0.2) is 9.97 Å². The van der Waals surface area contributed by atoms with Gasteiger partial charge in [-0.15, -0.1) is 0 Å². The fourth-order valence-corrected chi connectivity index (χ4v) is 3.12. The highest BCUT2D eigenvalue weighted by Gasteiger charge is 2.20. The molecule has 2 aliphatic rings. The van der Waals surface area contributed by atoms with Gasteiger partial charge in [-0.05, 0) is 43.7 Å². The molecule has 3 rings (SSSR count). The summed E-state index contributed by atoms with van der Waals surface area (Å²) in [7, 11) is 0.